The second-order valence-electron chi connectivity index (χ2n) is 4.88. The SMILES string of the molecule is Cc1nn(C)c(C)c1C(C)Nc1ccc(C#N)cc1Br. The molecule has 0 radical (unpaired) electrons. The summed E-state index contributed by atoms with van der Waals surface area (Å²) in [6.07, 6.45) is 0. The summed E-state index contributed by atoms with van der Waals surface area (Å²) in [6, 6.07) is 7.82. The molecule has 5 heteroatoms. The van der Waals surface area contributed by atoms with Crippen LogP contribution in [0.1, 0.15) is 35.5 Å². The van der Waals surface area contributed by atoms with Gasteiger partial charge >= 0.3 is 0 Å². The van der Waals surface area contributed by atoms with Crippen molar-refractivity contribution in [2.45, 2.75) is 26.8 Å². The Morgan fingerprint density at radius 2 is 2.10 bits per heavy atom. The Labute approximate surface area is 127 Å². The second kappa shape index (κ2) is 5.68. The third kappa shape index (κ3) is 2.70. The van der Waals surface area contributed by atoms with Gasteiger partial charge in [0.1, 0.15) is 0 Å². The summed E-state index contributed by atoms with van der Waals surface area (Å²) in [5.41, 5.74) is 5.02. The first-order valence-corrected chi connectivity index (χ1v) is 7.19. The summed E-state index contributed by atoms with van der Waals surface area (Å²) in [4.78, 5) is 0. The number of hydrogen-bond acceptors (Lipinski definition) is 3. The average Bonchev–Trinajstić information content (AvgIpc) is 2.65. The average molecular weight is 333 g/mol. The van der Waals surface area contributed by atoms with Gasteiger partial charge in [-0.15, -0.1) is 0 Å². The fourth-order valence-corrected chi connectivity index (χ4v) is 2.92. The lowest BCUT2D eigenvalue weighted by atomic mass is 10.1. The van der Waals surface area contributed by atoms with Crippen molar-refractivity contribution < 1.29 is 0 Å². The Balaban J connectivity index is 2.28. The number of anilines is 1. The summed E-state index contributed by atoms with van der Waals surface area (Å²) >= 11 is 3.50. The maximum Gasteiger partial charge on any atom is 0.0992 e. The molecule has 0 aliphatic carbocycles. The Morgan fingerprint density at radius 1 is 1.40 bits per heavy atom. The van der Waals surface area contributed by atoms with Crippen LogP contribution in [0.4, 0.5) is 5.69 Å². The maximum absolute atomic E-state index is 8.89. The van der Waals surface area contributed by atoms with Crippen LogP contribution in [0.15, 0.2) is 22.7 Å². The molecular formula is C15H17BrN4. The van der Waals surface area contributed by atoms with Crippen molar-refractivity contribution >= 4 is 21.6 Å². The standard InChI is InChI=1S/C15H17BrN4/c1-9(15-10(2)19-20(4)11(15)3)18-14-6-5-12(8-17)7-13(14)16/h5-7,9,18H,1-4H3. The van der Waals surface area contributed by atoms with Crippen molar-refractivity contribution in [3.05, 3.63) is 45.2 Å². The van der Waals surface area contributed by atoms with Crippen molar-refractivity contribution in [2.75, 3.05) is 5.32 Å². The van der Waals surface area contributed by atoms with E-state index < -0.39 is 0 Å². The van der Waals surface area contributed by atoms with E-state index in [4.69, 9.17) is 5.26 Å². The number of benzene rings is 1. The quantitative estimate of drug-likeness (QED) is 0.928. The zero-order valence-corrected chi connectivity index (χ0v) is 13.6. The van der Waals surface area contributed by atoms with Crippen molar-refractivity contribution in [1.29, 1.82) is 5.26 Å². The molecule has 1 aromatic heterocycles. The van der Waals surface area contributed by atoms with Crippen LogP contribution in [0.3, 0.4) is 0 Å². The maximum atomic E-state index is 8.89. The van der Waals surface area contributed by atoms with Gasteiger partial charge in [0.2, 0.25) is 0 Å². The smallest absolute Gasteiger partial charge is 0.0992 e. The molecule has 1 atom stereocenters. The summed E-state index contributed by atoms with van der Waals surface area (Å²) in [6.45, 7) is 6.21. The van der Waals surface area contributed by atoms with Gasteiger partial charge in [-0.1, -0.05) is 0 Å². The zero-order valence-electron chi connectivity index (χ0n) is 12.0. The molecule has 104 valence electrons. The number of nitrogens with zero attached hydrogens (tertiary/aromatic N) is 3. The zero-order chi connectivity index (χ0) is 14.9. The topological polar surface area (TPSA) is 53.6 Å². The highest BCUT2D eigenvalue weighted by atomic mass is 79.9. The van der Waals surface area contributed by atoms with E-state index in [9.17, 15) is 0 Å². The number of rotatable bonds is 3. The van der Waals surface area contributed by atoms with Gasteiger partial charge in [-0.25, -0.2) is 0 Å². The minimum atomic E-state index is 0.146. The van der Waals surface area contributed by atoms with E-state index in [1.165, 1.54) is 5.56 Å². The van der Waals surface area contributed by atoms with E-state index in [0.717, 1.165) is 21.5 Å². The van der Waals surface area contributed by atoms with Crippen LogP contribution >= 0.6 is 15.9 Å². The molecule has 1 N–H and O–H groups in total. The molecule has 0 aliphatic rings. The van der Waals surface area contributed by atoms with E-state index in [1.54, 1.807) is 0 Å². The molecule has 0 aliphatic heterocycles. The molecule has 2 aromatic rings. The molecule has 1 heterocycles. The fourth-order valence-electron chi connectivity index (χ4n) is 2.42. The molecule has 0 spiro atoms. The Morgan fingerprint density at radius 3 is 2.60 bits per heavy atom. The van der Waals surface area contributed by atoms with Gasteiger partial charge in [0, 0.05) is 28.5 Å². The normalized spacial score (nSPS) is 12.0. The van der Waals surface area contributed by atoms with Crippen molar-refractivity contribution in [2.24, 2.45) is 7.05 Å². The predicted octanol–water partition coefficient (Wildman–Crippen LogP) is 3.84. The molecule has 2 rings (SSSR count). The minimum absolute atomic E-state index is 0.146. The van der Waals surface area contributed by atoms with E-state index in [1.807, 2.05) is 36.9 Å². The van der Waals surface area contributed by atoms with Crippen LogP contribution in [0.2, 0.25) is 0 Å². The van der Waals surface area contributed by atoms with E-state index in [0.29, 0.717) is 5.56 Å². The number of aryl methyl sites for hydroxylation is 2. The number of halogens is 1. The number of hydrogen-bond donors (Lipinski definition) is 1. The molecule has 4 nitrogen and oxygen atoms in total. The molecule has 0 saturated heterocycles. The highest BCUT2D eigenvalue weighted by Gasteiger charge is 2.16. The first kappa shape index (κ1) is 14.6. The molecular weight excluding hydrogens is 316 g/mol. The van der Waals surface area contributed by atoms with Crippen molar-refractivity contribution in [3.8, 4) is 6.07 Å². The van der Waals surface area contributed by atoms with Gasteiger partial charge in [0.25, 0.3) is 0 Å². The van der Waals surface area contributed by atoms with E-state index >= 15 is 0 Å². The van der Waals surface area contributed by atoms with E-state index in [-0.39, 0.29) is 6.04 Å². The van der Waals surface area contributed by atoms with Crippen molar-refractivity contribution in [3.63, 3.8) is 0 Å². The van der Waals surface area contributed by atoms with Crippen LogP contribution in [0.25, 0.3) is 0 Å². The summed E-state index contributed by atoms with van der Waals surface area (Å²) in [5, 5.41) is 16.8. The summed E-state index contributed by atoms with van der Waals surface area (Å²) in [5.74, 6) is 0. The molecule has 0 amide bonds. The highest BCUT2D eigenvalue weighted by Crippen LogP contribution is 2.29. The monoisotopic (exact) mass is 332 g/mol. The fraction of sp³-hybridized carbons (Fsp3) is 0.333. The summed E-state index contributed by atoms with van der Waals surface area (Å²) in [7, 11) is 1.95. The molecule has 20 heavy (non-hydrogen) atoms. The second-order valence-corrected chi connectivity index (χ2v) is 5.73. The van der Waals surface area contributed by atoms with Gasteiger partial charge in [0.05, 0.1) is 23.4 Å². The Hall–Kier alpha value is -1.80. The highest BCUT2D eigenvalue weighted by molar-refractivity contribution is 9.10. The minimum Gasteiger partial charge on any atom is -0.377 e. The van der Waals surface area contributed by atoms with Gasteiger partial charge in [-0.2, -0.15) is 10.4 Å². The molecule has 1 aromatic carbocycles. The van der Waals surface area contributed by atoms with Gasteiger partial charge < -0.3 is 5.32 Å². The predicted molar refractivity (Wildman–Crippen MR) is 83.6 cm³/mol. The third-order valence-electron chi connectivity index (χ3n) is 3.47. The van der Waals surface area contributed by atoms with Crippen LogP contribution < -0.4 is 5.32 Å². The van der Waals surface area contributed by atoms with Crippen LogP contribution in [0, 0.1) is 25.2 Å². The molecule has 0 fully saturated rings. The van der Waals surface area contributed by atoms with E-state index in [2.05, 4.69) is 46.3 Å². The van der Waals surface area contributed by atoms with Crippen LogP contribution in [-0.2, 0) is 7.05 Å². The largest absolute Gasteiger partial charge is 0.377 e. The Kier molecular flexibility index (Phi) is 4.15. The molecule has 1 unspecified atom stereocenters. The lowest BCUT2D eigenvalue weighted by Crippen LogP contribution is -2.09. The summed E-state index contributed by atoms with van der Waals surface area (Å²) < 4.78 is 2.79. The molecule has 0 bridgehead atoms. The lowest BCUT2D eigenvalue weighted by Gasteiger charge is -2.17. The van der Waals surface area contributed by atoms with Crippen LogP contribution in [-0.4, -0.2) is 9.78 Å². The lowest BCUT2D eigenvalue weighted by molar-refractivity contribution is 0.728. The Bertz CT molecular complexity index is 682. The van der Waals surface area contributed by atoms with Crippen molar-refractivity contribution in [1.82, 2.24) is 9.78 Å². The molecule has 0 saturated carbocycles. The third-order valence-corrected chi connectivity index (χ3v) is 4.12. The number of nitrogens with one attached hydrogen (secondary N) is 1. The van der Waals surface area contributed by atoms with Gasteiger partial charge in [0.15, 0.2) is 0 Å². The first-order valence-electron chi connectivity index (χ1n) is 6.40. The number of nitriles is 1. The first-order chi connectivity index (χ1) is 9.43. The van der Waals surface area contributed by atoms with Gasteiger partial charge in [-0.05, 0) is 54.9 Å². The van der Waals surface area contributed by atoms with Crippen LogP contribution in [0.5, 0.6) is 0 Å². The number of aromatic nitrogens is 2. The van der Waals surface area contributed by atoms with Gasteiger partial charge in [-0.3, -0.25) is 4.68 Å².